The highest BCUT2D eigenvalue weighted by Crippen LogP contribution is 2.14. The fourth-order valence-corrected chi connectivity index (χ4v) is 2.22. The highest BCUT2D eigenvalue weighted by molar-refractivity contribution is 7.88. The maximum Gasteiger partial charge on any atom is 0.209 e. The van der Waals surface area contributed by atoms with Crippen molar-refractivity contribution in [3.05, 3.63) is 35.9 Å². The van der Waals surface area contributed by atoms with Crippen LogP contribution in [0.15, 0.2) is 30.3 Å². The van der Waals surface area contributed by atoms with Gasteiger partial charge < -0.3 is 0 Å². The topological polar surface area (TPSA) is 46.2 Å². The van der Waals surface area contributed by atoms with Crippen LogP contribution in [0.3, 0.4) is 0 Å². The average molecular weight is 234 g/mol. The van der Waals surface area contributed by atoms with Gasteiger partial charge in [-0.25, -0.2) is 13.1 Å². The first-order valence-corrected chi connectivity index (χ1v) is 6.54. The molecule has 0 aliphatic heterocycles. The molecular formula is C9H12ClNO2S. The summed E-state index contributed by atoms with van der Waals surface area (Å²) in [5.41, 5.74) is 0.868. The second-order valence-electron chi connectivity index (χ2n) is 3.01. The summed E-state index contributed by atoms with van der Waals surface area (Å²) in [7, 11) is -3.22. The van der Waals surface area contributed by atoms with E-state index in [0.29, 0.717) is 0 Å². The molecule has 0 bridgehead atoms. The monoisotopic (exact) mass is 233 g/mol. The van der Waals surface area contributed by atoms with E-state index >= 15 is 0 Å². The SMILES string of the molecule is CS(=O)(=O)NC(CCl)c1ccccc1. The second-order valence-corrected chi connectivity index (χ2v) is 5.10. The Balaban J connectivity index is 2.84. The van der Waals surface area contributed by atoms with E-state index in [1.54, 1.807) is 0 Å². The van der Waals surface area contributed by atoms with Crippen LogP contribution in [0, 0.1) is 0 Å². The molecule has 3 nitrogen and oxygen atoms in total. The third-order valence-corrected chi connectivity index (χ3v) is 2.73. The van der Waals surface area contributed by atoms with E-state index in [1.165, 1.54) is 0 Å². The van der Waals surface area contributed by atoms with Gasteiger partial charge in [0.15, 0.2) is 0 Å². The Bertz CT molecular complexity index is 377. The van der Waals surface area contributed by atoms with Gasteiger partial charge in [-0.05, 0) is 5.56 Å². The molecule has 0 heterocycles. The van der Waals surface area contributed by atoms with Gasteiger partial charge in [-0.1, -0.05) is 30.3 Å². The van der Waals surface area contributed by atoms with Crippen LogP contribution >= 0.6 is 11.6 Å². The summed E-state index contributed by atoms with van der Waals surface area (Å²) in [6.45, 7) is 0. The molecule has 0 saturated heterocycles. The van der Waals surface area contributed by atoms with Crippen molar-refractivity contribution in [2.24, 2.45) is 0 Å². The molecule has 1 aromatic carbocycles. The summed E-state index contributed by atoms with van der Waals surface area (Å²) < 4.78 is 24.5. The average Bonchev–Trinajstić information content (AvgIpc) is 2.14. The Morgan fingerprint density at radius 1 is 1.36 bits per heavy atom. The lowest BCUT2D eigenvalue weighted by Crippen LogP contribution is -2.28. The molecule has 0 saturated carbocycles. The van der Waals surface area contributed by atoms with Crippen LogP contribution < -0.4 is 4.72 Å². The van der Waals surface area contributed by atoms with Crippen LogP contribution in [0.5, 0.6) is 0 Å². The maximum atomic E-state index is 11.0. The van der Waals surface area contributed by atoms with Gasteiger partial charge in [-0.15, -0.1) is 11.6 Å². The largest absolute Gasteiger partial charge is 0.213 e. The molecule has 0 radical (unpaired) electrons. The van der Waals surface area contributed by atoms with E-state index in [2.05, 4.69) is 4.72 Å². The third-order valence-electron chi connectivity index (χ3n) is 1.71. The molecule has 5 heteroatoms. The lowest BCUT2D eigenvalue weighted by molar-refractivity contribution is 0.574. The quantitative estimate of drug-likeness (QED) is 0.802. The lowest BCUT2D eigenvalue weighted by atomic mass is 10.1. The zero-order valence-electron chi connectivity index (χ0n) is 7.77. The van der Waals surface area contributed by atoms with Crippen molar-refractivity contribution in [2.45, 2.75) is 6.04 Å². The molecule has 1 rings (SSSR count). The minimum atomic E-state index is -3.22. The summed E-state index contributed by atoms with van der Waals surface area (Å²) in [5, 5.41) is 0. The summed E-state index contributed by atoms with van der Waals surface area (Å²) >= 11 is 5.68. The van der Waals surface area contributed by atoms with Crippen molar-refractivity contribution in [3.63, 3.8) is 0 Å². The molecule has 0 fully saturated rings. The van der Waals surface area contributed by atoms with E-state index in [-0.39, 0.29) is 11.9 Å². The van der Waals surface area contributed by atoms with Crippen LogP contribution in [-0.4, -0.2) is 20.6 Å². The summed E-state index contributed by atoms with van der Waals surface area (Å²) in [5.74, 6) is 0.219. The van der Waals surface area contributed by atoms with Gasteiger partial charge in [0.25, 0.3) is 0 Å². The van der Waals surface area contributed by atoms with Crippen LogP contribution in [0.4, 0.5) is 0 Å². The number of hydrogen-bond donors (Lipinski definition) is 1. The first-order chi connectivity index (χ1) is 6.53. The highest BCUT2D eigenvalue weighted by atomic mass is 35.5. The molecule has 1 N–H and O–H groups in total. The molecule has 0 aliphatic carbocycles. The number of nitrogens with one attached hydrogen (secondary N) is 1. The van der Waals surface area contributed by atoms with Gasteiger partial charge in [0, 0.05) is 5.88 Å². The van der Waals surface area contributed by atoms with Crippen molar-refractivity contribution in [1.29, 1.82) is 0 Å². The Labute approximate surface area is 89.1 Å². The molecule has 0 aromatic heterocycles. The first-order valence-electron chi connectivity index (χ1n) is 4.11. The van der Waals surface area contributed by atoms with Gasteiger partial charge in [0.05, 0.1) is 12.3 Å². The standard InChI is InChI=1S/C9H12ClNO2S/c1-14(12,13)11-9(7-10)8-5-3-2-4-6-8/h2-6,9,11H,7H2,1H3. The second kappa shape index (κ2) is 4.77. The maximum absolute atomic E-state index is 11.0. The van der Waals surface area contributed by atoms with Gasteiger partial charge in [-0.3, -0.25) is 0 Å². The van der Waals surface area contributed by atoms with E-state index in [4.69, 9.17) is 11.6 Å². The van der Waals surface area contributed by atoms with Crippen molar-refractivity contribution in [2.75, 3.05) is 12.1 Å². The molecule has 1 aromatic rings. The number of sulfonamides is 1. The molecule has 14 heavy (non-hydrogen) atoms. The van der Waals surface area contributed by atoms with E-state index < -0.39 is 10.0 Å². The van der Waals surface area contributed by atoms with Crippen LogP contribution in [0.2, 0.25) is 0 Å². The van der Waals surface area contributed by atoms with Crippen molar-refractivity contribution in [1.82, 2.24) is 4.72 Å². The van der Waals surface area contributed by atoms with Crippen LogP contribution in [-0.2, 0) is 10.0 Å². The van der Waals surface area contributed by atoms with Crippen LogP contribution in [0.25, 0.3) is 0 Å². The number of hydrogen-bond acceptors (Lipinski definition) is 2. The van der Waals surface area contributed by atoms with Gasteiger partial charge in [0.2, 0.25) is 10.0 Å². The Hall–Kier alpha value is -0.580. The summed E-state index contributed by atoms with van der Waals surface area (Å²) in [6, 6.07) is 8.89. The van der Waals surface area contributed by atoms with Crippen molar-refractivity contribution in [3.8, 4) is 0 Å². The van der Waals surface area contributed by atoms with Crippen molar-refractivity contribution >= 4 is 21.6 Å². The minimum absolute atomic E-state index is 0.219. The van der Waals surface area contributed by atoms with E-state index in [0.717, 1.165) is 11.8 Å². The molecule has 0 amide bonds. The van der Waals surface area contributed by atoms with Gasteiger partial charge in [-0.2, -0.15) is 0 Å². The van der Waals surface area contributed by atoms with Gasteiger partial charge >= 0.3 is 0 Å². The predicted molar refractivity (Wildman–Crippen MR) is 57.9 cm³/mol. The van der Waals surface area contributed by atoms with E-state index in [1.807, 2.05) is 30.3 Å². The number of alkyl halides is 1. The fourth-order valence-electron chi connectivity index (χ4n) is 1.13. The van der Waals surface area contributed by atoms with Crippen molar-refractivity contribution < 1.29 is 8.42 Å². The number of benzene rings is 1. The molecule has 1 unspecified atom stereocenters. The Kier molecular flexibility index (Phi) is 3.92. The first kappa shape index (κ1) is 11.5. The number of halogens is 1. The van der Waals surface area contributed by atoms with E-state index in [9.17, 15) is 8.42 Å². The third kappa shape index (κ3) is 3.65. The highest BCUT2D eigenvalue weighted by Gasteiger charge is 2.13. The lowest BCUT2D eigenvalue weighted by Gasteiger charge is -2.14. The zero-order chi connectivity index (χ0) is 10.6. The summed E-state index contributed by atoms with van der Waals surface area (Å²) in [6.07, 6.45) is 1.12. The summed E-state index contributed by atoms with van der Waals surface area (Å²) in [4.78, 5) is 0. The number of rotatable bonds is 4. The van der Waals surface area contributed by atoms with Gasteiger partial charge in [0.1, 0.15) is 0 Å². The predicted octanol–water partition coefficient (Wildman–Crippen LogP) is 1.52. The molecular weight excluding hydrogens is 222 g/mol. The molecule has 0 aliphatic rings. The zero-order valence-corrected chi connectivity index (χ0v) is 9.35. The fraction of sp³-hybridized carbons (Fsp3) is 0.333. The Morgan fingerprint density at radius 3 is 2.36 bits per heavy atom. The molecule has 1 atom stereocenters. The van der Waals surface area contributed by atoms with Crippen LogP contribution in [0.1, 0.15) is 11.6 Å². The Morgan fingerprint density at radius 2 is 1.93 bits per heavy atom. The normalized spacial score (nSPS) is 13.9. The molecule has 0 spiro atoms. The molecule has 78 valence electrons. The smallest absolute Gasteiger partial charge is 0.209 e. The minimum Gasteiger partial charge on any atom is -0.213 e.